The fourth-order valence-electron chi connectivity index (χ4n) is 3.14. The Labute approximate surface area is 146 Å². The van der Waals surface area contributed by atoms with E-state index in [1.807, 2.05) is 37.8 Å². The minimum absolute atomic E-state index is 0.0263. The standard InChI is InChI=1S/C18H23N5O2/c1-11-7-6-8-14(15(11)17(24)23-9-4-5-10-23)19-18(25)20-16-12(2)21-22-13(16)3/h6-8H,4-5,9-10H2,1-3H3,(H,21,22)(H2,19,20,25). The number of aromatic nitrogens is 2. The molecule has 25 heavy (non-hydrogen) atoms. The molecule has 1 fully saturated rings. The summed E-state index contributed by atoms with van der Waals surface area (Å²) in [6, 6.07) is 5.08. The van der Waals surface area contributed by atoms with Gasteiger partial charge in [0.1, 0.15) is 0 Å². The van der Waals surface area contributed by atoms with Crippen LogP contribution in [0.3, 0.4) is 0 Å². The lowest BCUT2D eigenvalue weighted by Crippen LogP contribution is -2.30. The zero-order valence-corrected chi connectivity index (χ0v) is 14.8. The van der Waals surface area contributed by atoms with E-state index in [4.69, 9.17) is 0 Å². The number of rotatable bonds is 3. The summed E-state index contributed by atoms with van der Waals surface area (Å²) >= 11 is 0. The zero-order chi connectivity index (χ0) is 18.0. The van der Waals surface area contributed by atoms with E-state index in [-0.39, 0.29) is 5.91 Å². The number of hydrogen-bond acceptors (Lipinski definition) is 3. The highest BCUT2D eigenvalue weighted by Crippen LogP contribution is 2.24. The number of aryl methyl sites for hydroxylation is 3. The number of nitrogens with one attached hydrogen (secondary N) is 3. The summed E-state index contributed by atoms with van der Waals surface area (Å²) in [4.78, 5) is 27.1. The van der Waals surface area contributed by atoms with Crippen LogP contribution < -0.4 is 10.6 Å². The van der Waals surface area contributed by atoms with Gasteiger partial charge in [-0.05, 0) is 45.2 Å². The molecule has 2 aromatic rings. The molecule has 0 saturated carbocycles. The Hall–Kier alpha value is -2.83. The summed E-state index contributed by atoms with van der Waals surface area (Å²) in [5, 5.41) is 12.5. The van der Waals surface area contributed by atoms with Crippen LogP contribution in [-0.4, -0.2) is 40.1 Å². The van der Waals surface area contributed by atoms with Crippen LogP contribution in [0, 0.1) is 20.8 Å². The summed E-state index contributed by atoms with van der Waals surface area (Å²) in [6.07, 6.45) is 2.06. The van der Waals surface area contributed by atoms with Crippen molar-refractivity contribution < 1.29 is 9.59 Å². The topological polar surface area (TPSA) is 90.1 Å². The summed E-state index contributed by atoms with van der Waals surface area (Å²) in [5.41, 5.74) is 4.08. The fraction of sp³-hybridized carbons (Fsp3) is 0.389. The highest BCUT2D eigenvalue weighted by molar-refractivity contribution is 6.07. The van der Waals surface area contributed by atoms with Crippen molar-refractivity contribution in [3.05, 3.63) is 40.7 Å². The summed E-state index contributed by atoms with van der Waals surface area (Å²) in [6.45, 7) is 7.08. The predicted octanol–water partition coefficient (Wildman–Crippen LogP) is 3.21. The zero-order valence-electron chi connectivity index (χ0n) is 14.8. The van der Waals surface area contributed by atoms with Gasteiger partial charge in [-0.2, -0.15) is 5.10 Å². The van der Waals surface area contributed by atoms with Gasteiger partial charge in [0.2, 0.25) is 0 Å². The first-order valence-corrected chi connectivity index (χ1v) is 8.46. The second-order valence-electron chi connectivity index (χ2n) is 6.38. The number of amides is 3. The molecule has 0 aliphatic carbocycles. The Morgan fingerprint density at radius 1 is 1.12 bits per heavy atom. The SMILES string of the molecule is Cc1cccc(NC(=O)Nc2c(C)n[nH]c2C)c1C(=O)N1CCCC1. The molecule has 7 nitrogen and oxygen atoms in total. The van der Waals surface area contributed by atoms with Gasteiger partial charge >= 0.3 is 6.03 Å². The van der Waals surface area contributed by atoms with Gasteiger partial charge in [-0.15, -0.1) is 0 Å². The molecular weight excluding hydrogens is 318 g/mol. The number of H-pyrrole nitrogens is 1. The number of urea groups is 1. The molecule has 2 heterocycles. The molecule has 0 radical (unpaired) electrons. The Balaban J connectivity index is 1.81. The van der Waals surface area contributed by atoms with Crippen molar-refractivity contribution in [1.82, 2.24) is 15.1 Å². The average molecular weight is 341 g/mol. The van der Waals surface area contributed by atoms with E-state index in [2.05, 4.69) is 20.8 Å². The van der Waals surface area contributed by atoms with Crippen molar-refractivity contribution >= 4 is 23.3 Å². The number of carbonyl (C=O) groups is 2. The van der Waals surface area contributed by atoms with Crippen molar-refractivity contribution in [2.45, 2.75) is 33.6 Å². The third kappa shape index (κ3) is 3.50. The molecule has 1 aliphatic heterocycles. The lowest BCUT2D eigenvalue weighted by atomic mass is 10.1. The number of anilines is 2. The van der Waals surface area contributed by atoms with Gasteiger partial charge in [0.25, 0.3) is 5.91 Å². The Kier molecular flexibility index (Phi) is 4.74. The molecule has 0 bridgehead atoms. The van der Waals surface area contributed by atoms with E-state index >= 15 is 0 Å². The molecule has 1 aromatic carbocycles. The molecule has 7 heteroatoms. The van der Waals surface area contributed by atoms with Crippen LogP contribution in [0.2, 0.25) is 0 Å². The van der Waals surface area contributed by atoms with Gasteiger partial charge in [0, 0.05) is 13.1 Å². The Bertz CT molecular complexity index is 786. The van der Waals surface area contributed by atoms with Crippen LogP contribution in [0.4, 0.5) is 16.2 Å². The molecule has 0 atom stereocenters. The smallest absolute Gasteiger partial charge is 0.323 e. The van der Waals surface area contributed by atoms with E-state index in [1.165, 1.54) is 0 Å². The first-order valence-electron chi connectivity index (χ1n) is 8.46. The van der Waals surface area contributed by atoms with Crippen LogP contribution in [0.15, 0.2) is 18.2 Å². The first kappa shape index (κ1) is 17.0. The molecular formula is C18H23N5O2. The van der Waals surface area contributed by atoms with E-state index in [1.54, 1.807) is 6.07 Å². The van der Waals surface area contributed by atoms with Crippen LogP contribution in [0.5, 0.6) is 0 Å². The van der Waals surface area contributed by atoms with Gasteiger partial charge in [-0.1, -0.05) is 12.1 Å². The average Bonchev–Trinajstić information content (AvgIpc) is 3.20. The number of benzene rings is 1. The predicted molar refractivity (Wildman–Crippen MR) is 97.0 cm³/mol. The number of aromatic amines is 1. The minimum atomic E-state index is -0.395. The maximum Gasteiger partial charge on any atom is 0.323 e. The molecule has 1 aliphatic rings. The Morgan fingerprint density at radius 3 is 2.48 bits per heavy atom. The lowest BCUT2D eigenvalue weighted by Gasteiger charge is -2.20. The van der Waals surface area contributed by atoms with Gasteiger partial charge in [0.15, 0.2) is 0 Å². The molecule has 1 saturated heterocycles. The number of nitrogens with zero attached hydrogens (tertiary/aromatic N) is 2. The van der Waals surface area contributed by atoms with Crippen LogP contribution in [0.25, 0.3) is 0 Å². The molecule has 0 spiro atoms. The fourth-order valence-corrected chi connectivity index (χ4v) is 3.14. The van der Waals surface area contributed by atoms with Gasteiger partial charge in [0.05, 0.1) is 28.3 Å². The summed E-state index contributed by atoms with van der Waals surface area (Å²) in [7, 11) is 0. The summed E-state index contributed by atoms with van der Waals surface area (Å²) in [5.74, 6) is -0.0263. The molecule has 1 aromatic heterocycles. The molecule has 0 unspecified atom stereocenters. The third-order valence-electron chi connectivity index (χ3n) is 4.49. The molecule has 3 rings (SSSR count). The van der Waals surface area contributed by atoms with Crippen molar-refractivity contribution in [2.75, 3.05) is 23.7 Å². The number of hydrogen-bond donors (Lipinski definition) is 3. The molecule has 3 N–H and O–H groups in total. The number of likely N-dealkylation sites (tertiary alicyclic amines) is 1. The third-order valence-corrected chi connectivity index (χ3v) is 4.49. The van der Waals surface area contributed by atoms with Crippen LogP contribution >= 0.6 is 0 Å². The quantitative estimate of drug-likeness (QED) is 0.800. The van der Waals surface area contributed by atoms with Gasteiger partial charge in [-0.25, -0.2) is 4.79 Å². The maximum atomic E-state index is 12.8. The largest absolute Gasteiger partial charge is 0.339 e. The van der Waals surface area contributed by atoms with Crippen LogP contribution in [-0.2, 0) is 0 Å². The summed E-state index contributed by atoms with van der Waals surface area (Å²) < 4.78 is 0. The van der Waals surface area contributed by atoms with E-state index < -0.39 is 6.03 Å². The second kappa shape index (κ2) is 6.96. The van der Waals surface area contributed by atoms with Crippen molar-refractivity contribution in [3.8, 4) is 0 Å². The lowest BCUT2D eigenvalue weighted by molar-refractivity contribution is 0.0793. The van der Waals surface area contributed by atoms with Crippen molar-refractivity contribution in [1.29, 1.82) is 0 Å². The monoisotopic (exact) mass is 341 g/mol. The minimum Gasteiger partial charge on any atom is -0.339 e. The van der Waals surface area contributed by atoms with E-state index in [0.717, 1.165) is 37.2 Å². The Morgan fingerprint density at radius 2 is 1.84 bits per heavy atom. The maximum absolute atomic E-state index is 12.8. The van der Waals surface area contributed by atoms with E-state index in [9.17, 15) is 9.59 Å². The molecule has 132 valence electrons. The van der Waals surface area contributed by atoms with Crippen molar-refractivity contribution in [3.63, 3.8) is 0 Å². The molecule has 3 amide bonds. The first-order chi connectivity index (χ1) is 12.0. The highest BCUT2D eigenvalue weighted by atomic mass is 16.2. The second-order valence-corrected chi connectivity index (χ2v) is 6.38. The van der Waals surface area contributed by atoms with Crippen LogP contribution in [0.1, 0.15) is 40.2 Å². The van der Waals surface area contributed by atoms with E-state index in [0.29, 0.717) is 22.6 Å². The number of carbonyl (C=O) groups excluding carboxylic acids is 2. The van der Waals surface area contributed by atoms with Gasteiger partial charge in [-0.3, -0.25) is 9.89 Å². The highest BCUT2D eigenvalue weighted by Gasteiger charge is 2.24. The van der Waals surface area contributed by atoms with Crippen molar-refractivity contribution in [2.24, 2.45) is 0 Å². The normalized spacial score (nSPS) is 13.8. The van der Waals surface area contributed by atoms with Gasteiger partial charge < -0.3 is 15.5 Å².